The number of hydrazine groups is 1. The monoisotopic (exact) mass is 1430 g/mol. The smallest absolute Gasteiger partial charge is 0.330 e. The van der Waals surface area contributed by atoms with Gasteiger partial charge in [-0.3, -0.25) is 68.0 Å². The standard InChI is InChI=1S/C64H91N19O15.C2H4O2/c1-34(2)25-43(53(88)73-42(13-8-22-69-62(65)66)60(95)83-24-10-15-50(83)61(96)82-23-9-14-49(82)59(94)80-81-63(67)97)74-58(93)48(32-98-64(3,4)5)79-54(89)44(26-35-16-18-38(85)19-17-35)75-57(92)47(31-84)78-55(90)45(27-36-29-70-40-12-7-6-11-39(36)40)76-56(91)46(28-37-30-68-33-71-37)77-52(87)41-20-21-51(86)72-41;1-2(3)4/h6-7,11-12,16-19,29-30,33-34,41-50,70,84-85H,8-10,13-15,20-28,31-32H2,1-5H3,(H,68,71)(H,72,86)(H,73,88)(H,74,93)(H,75,92)(H,76,91)(H,77,87)(H,78,90)(H,79,89)(H,80,94)(H4,65,66,69)(H3,67,81,97);1H3,(H,3,4)/t41-,42-,43-,44-,45-,46-,47-,48+,49-,50-;/m0./s1. The quantitative estimate of drug-likeness (QED) is 0.0100. The summed E-state index contributed by atoms with van der Waals surface area (Å²) >= 11 is 0. The number of imidazole rings is 1. The molecule has 36 nitrogen and oxygen atoms in total. The van der Waals surface area contributed by atoms with E-state index < -0.39 is 150 Å². The van der Waals surface area contributed by atoms with Crippen LogP contribution in [0.25, 0.3) is 10.9 Å². The van der Waals surface area contributed by atoms with Crippen molar-refractivity contribution in [2.75, 3.05) is 32.8 Å². The van der Waals surface area contributed by atoms with Gasteiger partial charge in [0, 0.05) is 81.2 Å². The molecule has 0 bridgehead atoms. The van der Waals surface area contributed by atoms with Gasteiger partial charge in [-0.15, -0.1) is 0 Å². The van der Waals surface area contributed by atoms with Crippen LogP contribution < -0.4 is 70.6 Å². The van der Waals surface area contributed by atoms with Crippen LogP contribution in [0.4, 0.5) is 4.79 Å². The van der Waals surface area contributed by atoms with Gasteiger partial charge in [-0.05, 0) is 107 Å². The molecular weight excluding hydrogens is 1330 g/mol. The third-order valence-electron chi connectivity index (χ3n) is 16.7. The average molecular weight is 1430 g/mol. The first-order valence-electron chi connectivity index (χ1n) is 33.5. The van der Waals surface area contributed by atoms with Crippen LogP contribution in [-0.2, 0) is 81.5 Å². The second kappa shape index (κ2) is 38.0. The van der Waals surface area contributed by atoms with Crippen molar-refractivity contribution in [1.82, 2.24) is 78.1 Å². The number of aliphatic hydroxyl groups excluding tert-OH is 1. The Labute approximate surface area is 587 Å². The number of aromatic hydroxyl groups is 1. The van der Waals surface area contributed by atoms with E-state index in [9.17, 15) is 67.7 Å². The van der Waals surface area contributed by atoms with E-state index in [0.717, 1.165) is 6.92 Å². The number of para-hydroxylation sites is 1. The van der Waals surface area contributed by atoms with Crippen LogP contribution in [0.5, 0.6) is 5.75 Å². The van der Waals surface area contributed by atoms with Crippen molar-refractivity contribution in [1.29, 1.82) is 0 Å². The number of phenols is 1. The van der Waals surface area contributed by atoms with E-state index in [0.29, 0.717) is 40.6 Å². The fraction of sp³-hybridized carbons (Fsp3) is 0.530. The molecule has 0 spiro atoms. The molecule has 5 heterocycles. The number of carboxylic acids is 1. The van der Waals surface area contributed by atoms with E-state index >= 15 is 0 Å². The fourth-order valence-corrected chi connectivity index (χ4v) is 11.7. The van der Waals surface area contributed by atoms with Gasteiger partial charge in [-0.25, -0.2) is 15.2 Å². The van der Waals surface area contributed by atoms with Crippen molar-refractivity contribution in [3.63, 3.8) is 0 Å². The van der Waals surface area contributed by atoms with Crippen molar-refractivity contribution in [3.8, 4) is 5.75 Å². The number of nitrogens with zero attached hydrogens (tertiary/aromatic N) is 4. The number of nitrogens with two attached hydrogens (primary N) is 3. The number of aliphatic carboxylic acids is 1. The first-order valence-corrected chi connectivity index (χ1v) is 33.5. The summed E-state index contributed by atoms with van der Waals surface area (Å²) in [6.07, 6.45) is 5.57. The zero-order chi connectivity index (χ0) is 75.0. The minimum absolute atomic E-state index is 0.00904. The number of nitrogens with one attached hydrogen (secondary N) is 12. The Hall–Kier alpha value is -10.9. The van der Waals surface area contributed by atoms with Crippen LogP contribution in [0.15, 0.2) is 72.2 Å². The van der Waals surface area contributed by atoms with E-state index in [1.165, 1.54) is 46.6 Å². The number of aliphatic imine (C=N–C) groups is 1. The highest BCUT2D eigenvalue weighted by molar-refractivity contribution is 6.00. The lowest BCUT2D eigenvalue weighted by Crippen LogP contribution is -2.62. The van der Waals surface area contributed by atoms with Crippen molar-refractivity contribution in [3.05, 3.63) is 84.1 Å². The molecule has 2 aromatic heterocycles. The number of urea groups is 1. The number of fused-ring (bicyclic) bond motifs is 1. The minimum Gasteiger partial charge on any atom is -0.508 e. The van der Waals surface area contributed by atoms with Gasteiger partial charge in [-0.2, -0.15) is 0 Å². The number of carbonyl (C=O) groups is 13. The number of H-pyrrole nitrogens is 2. The number of guanidine groups is 1. The Morgan fingerprint density at radius 1 is 0.686 bits per heavy atom. The number of aromatic nitrogens is 3. The molecule has 2 aromatic carbocycles. The lowest BCUT2D eigenvalue weighted by atomic mass is 10.0. The molecule has 3 aliphatic heterocycles. The highest BCUT2D eigenvalue weighted by atomic mass is 16.5. The molecule has 0 saturated carbocycles. The normalized spacial score (nSPS) is 17.7. The van der Waals surface area contributed by atoms with Crippen LogP contribution in [-0.4, -0.2) is 222 Å². The zero-order valence-corrected chi connectivity index (χ0v) is 57.8. The van der Waals surface area contributed by atoms with E-state index in [1.807, 2.05) is 5.43 Å². The third-order valence-corrected chi connectivity index (χ3v) is 16.7. The Balaban J connectivity index is 0.00000398. The van der Waals surface area contributed by atoms with Crippen LogP contribution in [0.2, 0.25) is 0 Å². The number of aromatic amines is 2. The summed E-state index contributed by atoms with van der Waals surface area (Å²) in [5.41, 5.74) is 21.7. The number of rotatable bonds is 32. The number of carboxylic acid groups (broad SMARTS) is 1. The van der Waals surface area contributed by atoms with Gasteiger partial charge in [-0.1, -0.05) is 44.2 Å². The van der Waals surface area contributed by atoms with Gasteiger partial charge in [0.25, 0.3) is 11.9 Å². The molecular formula is C66H95N19O17. The van der Waals surface area contributed by atoms with Gasteiger partial charge >= 0.3 is 6.03 Å². The Morgan fingerprint density at radius 2 is 1.25 bits per heavy atom. The number of primary amides is 1. The van der Waals surface area contributed by atoms with Gasteiger partial charge < -0.3 is 99.6 Å². The second-order valence-electron chi connectivity index (χ2n) is 26.4. The number of hydrogen-bond acceptors (Lipinski definition) is 18. The highest BCUT2D eigenvalue weighted by Gasteiger charge is 2.45. The maximum absolute atomic E-state index is 14.9. The first-order chi connectivity index (χ1) is 48.3. The van der Waals surface area contributed by atoms with E-state index in [4.69, 9.17) is 31.8 Å². The van der Waals surface area contributed by atoms with E-state index in [-0.39, 0.29) is 107 Å². The second-order valence-corrected chi connectivity index (χ2v) is 26.4. The topological polar surface area (TPSA) is 553 Å². The molecule has 3 aliphatic rings. The highest BCUT2D eigenvalue weighted by Crippen LogP contribution is 2.27. The summed E-state index contributed by atoms with van der Waals surface area (Å²) in [5, 5.41) is 50.4. The van der Waals surface area contributed by atoms with Crippen molar-refractivity contribution in [2.45, 2.75) is 185 Å². The number of likely N-dealkylation sites (tertiary alicyclic amines) is 2. The van der Waals surface area contributed by atoms with Gasteiger partial charge in [0.2, 0.25) is 59.1 Å². The Bertz CT molecular complexity index is 3630. The Morgan fingerprint density at radius 3 is 1.85 bits per heavy atom. The number of amides is 13. The number of aliphatic hydroxyl groups is 1. The van der Waals surface area contributed by atoms with Gasteiger partial charge in [0.05, 0.1) is 25.1 Å². The summed E-state index contributed by atoms with van der Waals surface area (Å²) < 4.78 is 6.06. The van der Waals surface area contributed by atoms with E-state index in [1.54, 1.807) is 65.1 Å². The number of ether oxygens (including phenoxy) is 1. The predicted molar refractivity (Wildman–Crippen MR) is 367 cm³/mol. The number of phenolic OH excluding ortho intramolecular Hbond substituents is 1. The molecule has 13 amide bonds. The van der Waals surface area contributed by atoms with Gasteiger partial charge in [0.1, 0.15) is 66.2 Å². The van der Waals surface area contributed by atoms with Gasteiger partial charge in [0.15, 0.2) is 5.96 Å². The molecule has 7 rings (SSSR count). The van der Waals surface area contributed by atoms with Crippen molar-refractivity contribution < 1.29 is 82.4 Å². The molecule has 10 atom stereocenters. The SMILES string of the molecule is CC(=O)O.CC(C)C[C@H](NC(=O)[C@@H](COC(C)(C)C)NC(=O)[C@H](Cc1ccc(O)cc1)NC(=O)[C@H](CO)NC(=O)[C@H](Cc1c[nH]c2ccccc12)NC(=O)[C@H](Cc1cnc[nH]1)NC(=O)[C@@H]1CCC(=O)N1)C(=O)N[C@@H](CCCN=C(N)N)C(=O)N1CCC[C@H]1C(=O)N1CCC[C@H]1C(=O)NNC(N)=O. The van der Waals surface area contributed by atoms with Crippen LogP contribution >= 0.6 is 0 Å². The number of hydrogen-bond donors (Lipinski definition) is 18. The average Bonchev–Trinajstić information content (AvgIpc) is 1.65. The first kappa shape index (κ1) is 80.1. The summed E-state index contributed by atoms with van der Waals surface area (Å²) in [6.45, 7) is 8.52. The summed E-state index contributed by atoms with van der Waals surface area (Å²) in [5.74, 6) is -9.94. The maximum atomic E-state index is 14.9. The molecule has 102 heavy (non-hydrogen) atoms. The summed E-state index contributed by atoms with van der Waals surface area (Å²) in [7, 11) is 0. The predicted octanol–water partition coefficient (Wildman–Crippen LogP) is -3.02. The fourth-order valence-electron chi connectivity index (χ4n) is 11.7. The minimum atomic E-state index is -1.81. The maximum Gasteiger partial charge on any atom is 0.330 e. The summed E-state index contributed by atoms with van der Waals surface area (Å²) in [4.78, 5) is 193. The number of carbonyl (C=O) groups excluding carboxylic acids is 12. The van der Waals surface area contributed by atoms with Crippen LogP contribution in [0.3, 0.4) is 0 Å². The largest absolute Gasteiger partial charge is 0.508 e. The van der Waals surface area contributed by atoms with Crippen molar-refractivity contribution >= 4 is 93.8 Å². The molecule has 3 fully saturated rings. The lowest BCUT2D eigenvalue weighted by Gasteiger charge is -2.33. The number of benzene rings is 2. The van der Waals surface area contributed by atoms with Crippen LogP contribution in [0.1, 0.15) is 116 Å². The summed E-state index contributed by atoms with van der Waals surface area (Å²) in [6, 6.07) is -1.77. The van der Waals surface area contributed by atoms with Crippen molar-refractivity contribution in [2.24, 2.45) is 28.1 Å². The molecule has 0 unspecified atom stereocenters. The molecule has 21 N–H and O–H groups in total. The molecule has 0 aliphatic carbocycles. The molecule has 0 radical (unpaired) electrons. The molecule has 3 saturated heterocycles. The zero-order valence-electron chi connectivity index (χ0n) is 57.8. The third kappa shape index (κ3) is 24.8. The van der Waals surface area contributed by atoms with Crippen LogP contribution in [0, 0.1) is 5.92 Å². The Kier molecular flexibility index (Phi) is 29.9. The molecule has 556 valence electrons. The molecule has 36 heteroatoms. The lowest BCUT2D eigenvalue weighted by molar-refractivity contribution is -0.148. The van der Waals surface area contributed by atoms with E-state index in [2.05, 4.69) is 67.9 Å². The molecule has 4 aromatic rings.